The number of carbonyl (C=O) groups excluding carboxylic acids is 2. The zero-order valence-electron chi connectivity index (χ0n) is 14.7. The number of hydrazone groups is 1. The molecule has 1 aromatic carbocycles. The van der Waals surface area contributed by atoms with Crippen molar-refractivity contribution in [2.75, 3.05) is 12.1 Å². The Labute approximate surface area is 173 Å². The second-order valence-electron chi connectivity index (χ2n) is 5.43. The van der Waals surface area contributed by atoms with E-state index in [4.69, 9.17) is 33.2 Å². The molecule has 0 atom stereocenters. The number of imide groups is 1. The number of nitrogens with one attached hydrogen (secondary N) is 2. The predicted octanol–water partition coefficient (Wildman–Crippen LogP) is 2.65. The van der Waals surface area contributed by atoms with Crippen LogP contribution in [0.2, 0.25) is 10.0 Å². The first-order valence-corrected chi connectivity index (χ1v) is 8.62. The molecule has 0 fully saturated rings. The summed E-state index contributed by atoms with van der Waals surface area (Å²) < 4.78 is 5.77. The number of nitrogens with zero attached hydrogens (tertiary/aromatic N) is 5. The summed E-state index contributed by atoms with van der Waals surface area (Å²) >= 11 is 12.6. The molecule has 0 spiro atoms. The number of amides is 2. The Morgan fingerprint density at radius 1 is 1.38 bits per heavy atom. The molecule has 0 aliphatic heterocycles. The van der Waals surface area contributed by atoms with Gasteiger partial charge in [-0.15, -0.1) is 0 Å². The number of nitriles is 1. The van der Waals surface area contributed by atoms with Gasteiger partial charge in [-0.2, -0.15) is 10.4 Å². The Bertz CT molecular complexity index is 1150. The topological polar surface area (TPSA) is 136 Å². The summed E-state index contributed by atoms with van der Waals surface area (Å²) in [4.78, 5) is 33.1. The standard InChI is InChI=1S/C17H11Cl2N7O3/c1-26(25-13(6-20)16(28)24-8-27)9-4-11(18)14(12(19)5-9)29-17-10-2-3-21-15(10)22-7-23-17/h2-5,7-8H,1H3,(H,21,22,23)(H,24,27,28)/b25-13-. The van der Waals surface area contributed by atoms with Gasteiger partial charge in [0.15, 0.2) is 5.75 Å². The number of aromatic nitrogens is 3. The van der Waals surface area contributed by atoms with E-state index < -0.39 is 11.6 Å². The van der Waals surface area contributed by atoms with Crippen molar-refractivity contribution < 1.29 is 14.3 Å². The fraction of sp³-hybridized carbons (Fsp3) is 0.0588. The van der Waals surface area contributed by atoms with Crippen molar-refractivity contribution in [3.63, 3.8) is 0 Å². The van der Waals surface area contributed by atoms with Gasteiger partial charge < -0.3 is 9.72 Å². The second-order valence-corrected chi connectivity index (χ2v) is 6.25. The Morgan fingerprint density at radius 2 is 2.10 bits per heavy atom. The number of benzene rings is 1. The minimum absolute atomic E-state index is 0.146. The number of halogens is 2. The summed E-state index contributed by atoms with van der Waals surface area (Å²) in [6, 6.07) is 6.31. The average molecular weight is 432 g/mol. The van der Waals surface area contributed by atoms with E-state index in [0.717, 1.165) is 0 Å². The molecule has 2 heterocycles. The second kappa shape index (κ2) is 8.55. The SMILES string of the molecule is CN(/N=C(/C#N)C(=O)NC=O)c1cc(Cl)c(Oc2ncnc3[nH]ccc23)c(Cl)c1. The number of hydrogen-bond acceptors (Lipinski definition) is 8. The molecule has 0 aliphatic carbocycles. The summed E-state index contributed by atoms with van der Waals surface area (Å²) in [6.45, 7) is 0. The van der Waals surface area contributed by atoms with Crippen LogP contribution in [0.1, 0.15) is 0 Å². The van der Waals surface area contributed by atoms with Gasteiger partial charge in [0.2, 0.25) is 18.0 Å². The van der Waals surface area contributed by atoms with Gasteiger partial charge in [0.1, 0.15) is 18.0 Å². The Morgan fingerprint density at radius 3 is 2.76 bits per heavy atom. The zero-order valence-corrected chi connectivity index (χ0v) is 16.2. The van der Waals surface area contributed by atoms with Gasteiger partial charge in [0.05, 0.1) is 21.1 Å². The van der Waals surface area contributed by atoms with E-state index in [-0.39, 0.29) is 28.1 Å². The summed E-state index contributed by atoms with van der Waals surface area (Å²) in [5.74, 6) is -0.517. The van der Waals surface area contributed by atoms with Crippen LogP contribution in [0.4, 0.5) is 5.69 Å². The van der Waals surface area contributed by atoms with Crippen molar-refractivity contribution in [1.29, 1.82) is 5.26 Å². The van der Waals surface area contributed by atoms with E-state index in [1.807, 2.05) is 5.32 Å². The van der Waals surface area contributed by atoms with Crippen LogP contribution in [0.3, 0.4) is 0 Å². The van der Waals surface area contributed by atoms with Crippen molar-refractivity contribution in [3.8, 4) is 17.7 Å². The average Bonchev–Trinajstić information content (AvgIpc) is 3.18. The van der Waals surface area contributed by atoms with Crippen LogP contribution in [-0.4, -0.2) is 40.0 Å². The maximum Gasteiger partial charge on any atom is 0.288 e. The molecular weight excluding hydrogens is 421 g/mol. The smallest absolute Gasteiger partial charge is 0.288 e. The van der Waals surface area contributed by atoms with Gasteiger partial charge in [-0.25, -0.2) is 9.97 Å². The van der Waals surface area contributed by atoms with Gasteiger partial charge in [0.25, 0.3) is 5.91 Å². The van der Waals surface area contributed by atoms with Crippen LogP contribution < -0.4 is 15.1 Å². The zero-order chi connectivity index (χ0) is 21.0. The van der Waals surface area contributed by atoms with Gasteiger partial charge in [-0.1, -0.05) is 23.2 Å². The minimum atomic E-state index is -0.939. The van der Waals surface area contributed by atoms with Crippen molar-refractivity contribution >= 4 is 58.0 Å². The molecule has 3 aromatic rings. The molecule has 10 nitrogen and oxygen atoms in total. The van der Waals surface area contributed by atoms with E-state index in [9.17, 15) is 9.59 Å². The van der Waals surface area contributed by atoms with Gasteiger partial charge in [-0.3, -0.25) is 19.9 Å². The third kappa shape index (κ3) is 4.26. The van der Waals surface area contributed by atoms with Gasteiger partial charge in [0, 0.05) is 13.2 Å². The Kier molecular flexibility index (Phi) is 5.92. The highest BCUT2D eigenvalue weighted by atomic mass is 35.5. The number of rotatable bonds is 6. The highest BCUT2D eigenvalue weighted by molar-refractivity contribution is 6.46. The largest absolute Gasteiger partial charge is 0.435 e. The number of H-pyrrole nitrogens is 1. The molecule has 12 heteroatoms. The molecule has 2 amide bonds. The van der Waals surface area contributed by atoms with Crippen molar-refractivity contribution in [2.24, 2.45) is 5.10 Å². The molecule has 0 saturated carbocycles. The highest BCUT2D eigenvalue weighted by Gasteiger charge is 2.17. The van der Waals surface area contributed by atoms with Crippen LogP contribution in [0, 0.1) is 11.3 Å². The number of carbonyl (C=O) groups is 2. The first-order chi connectivity index (χ1) is 13.9. The summed E-state index contributed by atoms with van der Waals surface area (Å²) in [6.07, 6.45) is 3.18. The molecule has 3 rings (SSSR count). The summed E-state index contributed by atoms with van der Waals surface area (Å²) in [5, 5.41) is 16.9. The molecule has 0 saturated heterocycles. The molecule has 146 valence electrons. The maximum atomic E-state index is 11.6. The quantitative estimate of drug-likeness (QED) is 0.347. The lowest BCUT2D eigenvalue weighted by Gasteiger charge is -2.16. The maximum absolute atomic E-state index is 11.6. The monoisotopic (exact) mass is 431 g/mol. The van der Waals surface area contributed by atoms with E-state index in [1.54, 1.807) is 18.3 Å². The normalized spacial score (nSPS) is 11.0. The van der Waals surface area contributed by atoms with E-state index in [1.165, 1.54) is 30.5 Å². The molecule has 0 bridgehead atoms. The van der Waals surface area contributed by atoms with Gasteiger partial charge in [-0.05, 0) is 18.2 Å². The molecular formula is C17H11Cl2N7O3. The van der Waals surface area contributed by atoms with Crippen molar-refractivity contribution in [3.05, 3.63) is 40.8 Å². The third-order valence-corrected chi connectivity index (χ3v) is 4.20. The lowest BCUT2D eigenvalue weighted by atomic mass is 10.3. The molecule has 0 aliphatic rings. The van der Waals surface area contributed by atoms with Crippen LogP contribution in [0.15, 0.2) is 35.8 Å². The number of anilines is 1. The number of hydrogen-bond donors (Lipinski definition) is 2. The number of ether oxygens (including phenoxy) is 1. The molecule has 29 heavy (non-hydrogen) atoms. The summed E-state index contributed by atoms with van der Waals surface area (Å²) in [7, 11) is 1.47. The Balaban J connectivity index is 1.91. The van der Waals surface area contributed by atoms with Crippen LogP contribution in [0.25, 0.3) is 11.0 Å². The molecule has 0 radical (unpaired) electrons. The lowest BCUT2D eigenvalue weighted by Crippen LogP contribution is -2.30. The predicted molar refractivity (Wildman–Crippen MR) is 106 cm³/mol. The van der Waals surface area contributed by atoms with E-state index in [0.29, 0.717) is 16.7 Å². The molecule has 2 aromatic heterocycles. The minimum Gasteiger partial charge on any atom is -0.435 e. The summed E-state index contributed by atoms with van der Waals surface area (Å²) in [5.41, 5.74) is 0.432. The fourth-order valence-electron chi connectivity index (χ4n) is 2.31. The van der Waals surface area contributed by atoms with E-state index in [2.05, 4.69) is 20.1 Å². The Hall–Kier alpha value is -3.68. The van der Waals surface area contributed by atoms with Crippen molar-refractivity contribution in [1.82, 2.24) is 20.3 Å². The van der Waals surface area contributed by atoms with Crippen LogP contribution >= 0.6 is 23.2 Å². The molecule has 2 N–H and O–H groups in total. The van der Waals surface area contributed by atoms with E-state index >= 15 is 0 Å². The third-order valence-electron chi connectivity index (χ3n) is 3.63. The van der Waals surface area contributed by atoms with Crippen molar-refractivity contribution in [2.45, 2.75) is 0 Å². The number of aromatic amines is 1. The molecule has 0 unspecified atom stereocenters. The van der Waals surface area contributed by atoms with Gasteiger partial charge >= 0.3 is 0 Å². The highest BCUT2D eigenvalue weighted by Crippen LogP contribution is 2.40. The van der Waals surface area contributed by atoms with Crippen LogP contribution in [0.5, 0.6) is 11.6 Å². The first-order valence-electron chi connectivity index (χ1n) is 7.86. The van der Waals surface area contributed by atoms with Crippen LogP contribution in [-0.2, 0) is 9.59 Å². The number of fused-ring (bicyclic) bond motifs is 1. The first kappa shape index (κ1) is 20.1. The lowest BCUT2D eigenvalue weighted by molar-refractivity contribution is -0.120. The fourth-order valence-corrected chi connectivity index (χ4v) is 2.86.